The van der Waals surface area contributed by atoms with Crippen LogP contribution in [0.5, 0.6) is 0 Å². The molecule has 1 amide bonds. The van der Waals surface area contributed by atoms with Gasteiger partial charge in [-0.15, -0.1) is 11.3 Å². The molecule has 1 aliphatic rings. The average molecular weight is 305 g/mol. The molecule has 6 heteroatoms. The smallest absolute Gasteiger partial charge is 0.225 e. The number of carbonyl (C=O) groups is 1. The van der Waals surface area contributed by atoms with E-state index in [1.807, 2.05) is 23.1 Å². The summed E-state index contributed by atoms with van der Waals surface area (Å²) in [5.74, 6) is 0.112. The molecule has 21 heavy (non-hydrogen) atoms. The van der Waals surface area contributed by atoms with Crippen LogP contribution < -0.4 is 5.32 Å². The van der Waals surface area contributed by atoms with Gasteiger partial charge >= 0.3 is 0 Å². The summed E-state index contributed by atoms with van der Waals surface area (Å²) in [7, 11) is 0. The molecule has 112 valence electrons. The number of carbonyl (C=O) groups excluding carboxylic acids is 1. The molecular weight excluding hydrogens is 286 g/mol. The van der Waals surface area contributed by atoms with Crippen LogP contribution in [0.1, 0.15) is 12.1 Å². The van der Waals surface area contributed by atoms with Crippen LogP contribution >= 0.6 is 11.3 Å². The SMILES string of the molecule is Cc1cc(-c2cccs2)nn1CCNC(=O)[C@@H]1CCOC1. The van der Waals surface area contributed by atoms with Crippen molar-refractivity contribution in [1.82, 2.24) is 15.1 Å². The third kappa shape index (κ3) is 3.33. The van der Waals surface area contributed by atoms with E-state index in [1.54, 1.807) is 11.3 Å². The van der Waals surface area contributed by atoms with Crippen molar-refractivity contribution in [3.8, 4) is 10.6 Å². The predicted octanol–water partition coefficient (Wildman–Crippen LogP) is 2.07. The van der Waals surface area contributed by atoms with E-state index in [2.05, 4.69) is 22.5 Å². The van der Waals surface area contributed by atoms with Gasteiger partial charge in [-0.1, -0.05) is 6.07 Å². The third-order valence-electron chi connectivity index (χ3n) is 3.68. The van der Waals surface area contributed by atoms with E-state index in [0.29, 0.717) is 26.3 Å². The molecule has 1 atom stereocenters. The van der Waals surface area contributed by atoms with Crippen molar-refractivity contribution in [3.05, 3.63) is 29.3 Å². The second kappa shape index (κ2) is 6.41. The van der Waals surface area contributed by atoms with Gasteiger partial charge in [-0.2, -0.15) is 5.10 Å². The van der Waals surface area contributed by atoms with Crippen LogP contribution in [0, 0.1) is 12.8 Å². The molecule has 5 nitrogen and oxygen atoms in total. The van der Waals surface area contributed by atoms with Crippen molar-refractivity contribution >= 4 is 17.2 Å². The van der Waals surface area contributed by atoms with E-state index in [1.165, 1.54) is 4.88 Å². The van der Waals surface area contributed by atoms with E-state index in [0.717, 1.165) is 17.8 Å². The Morgan fingerprint density at radius 3 is 3.24 bits per heavy atom. The number of nitrogens with zero attached hydrogens (tertiary/aromatic N) is 2. The molecule has 1 saturated heterocycles. The highest BCUT2D eigenvalue weighted by atomic mass is 32.1. The van der Waals surface area contributed by atoms with Crippen LogP contribution in [0.2, 0.25) is 0 Å². The molecule has 0 bridgehead atoms. The Morgan fingerprint density at radius 1 is 1.62 bits per heavy atom. The normalized spacial score (nSPS) is 18.0. The first-order valence-corrected chi connectivity index (χ1v) is 8.06. The number of aryl methyl sites for hydroxylation is 1. The maximum atomic E-state index is 11.9. The highest BCUT2D eigenvalue weighted by Crippen LogP contribution is 2.23. The monoisotopic (exact) mass is 305 g/mol. The number of thiophene rings is 1. The van der Waals surface area contributed by atoms with Gasteiger partial charge in [0.05, 0.1) is 23.9 Å². The topological polar surface area (TPSA) is 56.2 Å². The summed E-state index contributed by atoms with van der Waals surface area (Å²) in [6.45, 7) is 4.57. The van der Waals surface area contributed by atoms with E-state index in [-0.39, 0.29) is 11.8 Å². The number of hydrogen-bond acceptors (Lipinski definition) is 4. The molecule has 3 rings (SSSR count). The molecule has 0 aliphatic carbocycles. The Morgan fingerprint density at radius 2 is 2.52 bits per heavy atom. The number of hydrogen-bond donors (Lipinski definition) is 1. The molecule has 0 saturated carbocycles. The number of nitrogens with one attached hydrogen (secondary N) is 1. The summed E-state index contributed by atoms with van der Waals surface area (Å²) in [5.41, 5.74) is 2.11. The van der Waals surface area contributed by atoms with Crippen LogP contribution in [-0.2, 0) is 16.1 Å². The first-order chi connectivity index (χ1) is 10.2. The Bertz CT molecular complexity index is 600. The number of amides is 1. The first-order valence-electron chi connectivity index (χ1n) is 7.18. The van der Waals surface area contributed by atoms with Crippen molar-refractivity contribution in [2.24, 2.45) is 5.92 Å². The van der Waals surface area contributed by atoms with E-state index < -0.39 is 0 Å². The highest BCUT2D eigenvalue weighted by Gasteiger charge is 2.22. The van der Waals surface area contributed by atoms with E-state index in [9.17, 15) is 4.79 Å². The lowest BCUT2D eigenvalue weighted by atomic mass is 10.1. The summed E-state index contributed by atoms with van der Waals surface area (Å²) in [6.07, 6.45) is 0.829. The summed E-state index contributed by atoms with van der Waals surface area (Å²) >= 11 is 1.68. The van der Waals surface area contributed by atoms with Gasteiger partial charge in [0.2, 0.25) is 5.91 Å². The Hall–Kier alpha value is -1.66. The summed E-state index contributed by atoms with van der Waals surface area (Å²) < 4.78 is 7.17. The Labute approximate surface area is 127 Å². The Kier molecular flexibility index (Phi) is 4.36. The van der Waals surface area contributed by atoms with Crippen LogP contribution in [0.25, 0.3) is 10.6 Å². The zero-order valence-electron chi connectivity index (χ0n) is 12.0. The first kappa shape index (κ1) is 14.3. The molecular formula is C15H19N3O2S. The van der Waals surface area contributed by atoms with Crippen LogP contribution in [-0.4, -0.2) is 35.4 Å². The third-order valence-corrected chi connectivity index (χ3v) is 4.57. The summed E-state index contributed by atoms with van der Waals surface area (Å²) in [4.78, 5) is 13.1. The fraction of sp³-hybridized carbons (Fsp3) is 0.467. The van der Waals surface area contributed by atoms with Crippen molar-refractivity contribution in [3.63, 3.8) is 0 Å². The molecule has 0 radical (unpaired) electrons. The van der Waals surface area contributed by atoms with E-state index >= 15 is 0 Å². The minimum Gasteiger partial charge on any atom is -0.381 e. The predicted molar refractivity (Wildman–Crippen MR) is 82.2 cm³/mol. The van der Waals surface area contributed by atoms with Gasteiger partial charge in [-0.25, -0.2) is 0 Å². The maximum Gasteiger partial charge on any atom is 0.225 e. The second-order valence-corrected chi connectivity index (χ2v) is 6.17. The second-order valence-electron chi connectivity index (χ2n) is 5.22. The lowest BCUT2D eigenvalue weighted by Gasteiger charge is -2.10. The van der Waals surface area contributed by atoms with Crippen LogP contribution in [0.4, 0.5) is 0 Å². The number of ether oxygens (including phenoxy) is 1. The van der Waals surface area contributed by atoms with Crippen molar-refractivity contribution in [2.45, 2.75) is 19.9 Å². The van der Waals surface area contributed by atoms with Gasteiger partial charge in [0, 0.05) is 18.8 Å². The zero-order chi connectivity index (χ0) is 14.7. The van der Waals surface area contributed by atoms with Crippen molar-refractivity contribution in [2.75, 3.05) is 19.8 Å². The Balaban J connectivity index is 1.54. The lowest BCUT2D eigenvalue weighted by molar-refractivity contribution is -0.124. The van der Waals surface area contributed by atoms with Gasteiger partial charge in [-0.3, -0.25) is 9.48 Å². The van der Waals surface area contributed by atoms with Gasteiger partial charge < -0.3 is 10.1 Å². The largest absolute Gasteiger partial charge is 0.381 e. The van der Waals surface area contributed by atoms with Gasteiger partial charge in [-0.05, 0) is 30.9 Å². The molecule has 2 aromatic rings. The lowest BCUT2D eigenvalue weighted by Crippen LogP contribution is -2.33. The van der Waals surface area contributed by atoms with Gasteiger partial charge in [0.1, 0.15) is 5.69 Å². The molecule has 3 heterocycles. The fourth-order valence-electron chi connectivity index (χ4n) is 2.45. The van der Waals surface area contributed by atoms with Crippen LogP contribution in [0.15, 0.2) is 23.6 Å². The fourth-order valence-corrected chi connectivity index (χ4v) is 3.13. The quantitative estimate of drug-likeness (QED) is 0.920. The molecule has 0 aromatic carbocycles. The van der Waals surface area contributed by atoms with Crippen molar-refractivity contribution in [1.29, 1.82) is 0 Å². The zero-order valence-corrected chi connectivity index (χ0v) is 12.9. The van der Waals surface area contributed by atoms with Crippen molar-refractivity contribution < 1.29 is 9.53 Å². The molecule has 0 unspecified atom stereocenters. The standard InChI is InChI=1S/C15H19N3O2S/c1-11-9-13(14-3-2-8-21-14)17-18(11)6-5-16-15(19)12-4-7-20-10-12/h2-3,8-9,12H,4-7,10H2,1H3,(H,16,19)/t12-/m1/s1. The summed E-state index contributed by atoms with van der Waals surface area (Å²) in [5, 5.41) is 9.61. The molecule has 1 aliphatic heterocycles. The number of aromatic nitrogens is 2. The van der Waals surface area contributed by atoms with Gasteiger partial charge in [0.15, 0.2) is 0 Å². The highest BCUT2D eigenvalue weighted by molar-refractivity contribution is 7.13. The summed E-state index contributed by atoms with van der Waals surface area (Å²) in [6, 6.07) is 6.18. The molecule has 1 N–H and O–H groups in total. The van der Waals surface area contributed by atoms with Gasteiger partial charge in [0.25, 0.3) is 0 Å². The molecule has 0 spiro atoms. The average Bonchev–Trinajstić information content (AvgIpc) is 3.20. The minimum absolute atomic E-state index is 0.0189. The van der Waals surface area contributed by atoms with Crippen LogP contribution in [0.3, 0.4) is 0 Å². The minimum atomic E-state index is 0.0189. The number of rotatable bonds is 5. The molecule has 1 fully saturated rings. The molecule has 2 aromatic heterocycles. The maximum absolute atomic E-state index is 11.9. The van der Waals surface area contributed by atoms with E-state index in [4.69, 9.17) is 4.74 Å².